The van der Waals surface area contributed by atoms with Crippen LogP contribution in [0, 0.1) is 0 Å². The van der Waals surface area contributed by atoms with E-state index >= 15 is 0 Å². The Kier molecular flexibility index (Phi) is 2.24. The lowest BCUT2D eigenvalue weighted by atomic mass is 9.90. The number of halogens is 1. The molecule has 0 amide bonds. The minimum atomic E-state index is 0.754. The van der Waals surface area contributed by atoms with Crippen molar-refractivity contribution in [2.45, 2.75) is 25.3 Å². The summed E-state index contributed by atoms with van der Waals surface area (Å²) < 4.78 is 0. The lowest BCUT2D eigenvalue weighted by molar-refractivity contribution is 0.387. The summed E-state index contributed by atoms with van der Waals surface area (Å²) in [5.41, 5.74) is 2.52. The molecule has 0 bridgehead atoms. The molecule has 2 aliphatic rings. The first kappa shape index (κ1) is 9.34. The molecule has 3 heteroatoms. The Hall–Kier alpha value is -0.890. The summed E-state index contributed by atoms with van der Waals surface area (Å²) in [4.78, 5) is 2.52. The second kappa shape index (κ2) is 3.60. The Morgan fingerprint density at radius 1 is 1.33 bits per heavy atom. The lowest BCUT2D eigenvalue weighted by Gasteiger charge is -2.42. The molecule has 1 saturated carbocycles. The van der Waals surface area contributed by atoms with Gasteiger partial charge in [-0.05, 0) is 37.5 Å². The zero-order valence-electron chi connectivity index (χ0n) is 8.67. The molecule has 1 heterocycles. The molecule has 1 fully saturated rings. The van der Waals surface area contributed by atoms with Crippen molar-refractivity contribution in [1.29, 1.82) is 0 Å². The maximum Gasteiger partial charge on any atom is 0.0620 e. The molecule has 0 aromatic heterocycles. The molecule has 0 atom stereocenters. The van der Waals surface area contributed by atoms with Crippen molar-refractivity contribution >= 4 is 23.0 Å². The molecule has 0 unspecified atom stereocenters. The van der Waals surface area contributed by atoms with Crippen molar-refractivity contribution in [2.24, 2.45) is 0 Å². The van der Waals surface area contributed by atoms with Gasteiger partial charge in [0.15, 0.2) is 0 Å². The predicted octanol–water partition coefficient (Wildman–Crippen LogP) is 3.12. The van der Waals surface area contributed by atoms with Gasteiger partial charge in [0.1, 0.15) is 0 Å². The fraction of sp³-hybridized carbons (Fsp3) is 0.500. The minimum absolute atomic E-state index is 0.754. The van der Waals surface area contributed by atoms with E-state index in [2.05, 4.69) is 22.3 Å². The number of nitrogens with zero attached hydrogens (tertiary/aromatic N) is 1. The van der Waals surface area contributed by atoms with Gasteiger partial charge in [-0.25, -0.2) is 0 Å². The zero-order valence-corrected chi connectivity index (χ0v) is 9.43. The maximum absolute atomic E-state index is 6.05. The highest BCUT2D eigenvalue weighted by Crippen LogP contribution is 2.37. The van der Waals surface area contributed by atoms with Crippen molar-refractivity contribution in [1.82, 2.24) is 0 Å². The molecule has 15 heavy (non-hydrogen) atoms. The van der Waals surface area contributed by atoms with E-state index in [9.17, 15) is 0 Å². The number of nitrogens with one attached hydrogen (secondary N) is 1. The summed E-state index contributed by atoms with van der Waals surface area (Å²) in [7, 11) is 0. The molecule has 1 N–H and O–H groups in total. The van der Waals surface area contributed by atoms with Gasteiger partial charge in [-0.3, -0.25) is 0 Å². The largest absolute Gasteiger partial charge is 0.382 e. The Morgan fingerprint density at radius 2 is 2.20 bits per heavy atom. The Labute approximate surface area is 95.2 Å². The molecule has 1 aliphatic carbocycles. The van der Waals surface area contributed by atoms with E-state index in [0.29, 0.717) is 0 Å². The lowest BCUT2D eigenvalue weighted by Crippen LogP contribution is -2.45. The number of hydrogen-bond donors (Lipinski definition) is 1. The maximum atomic E-state index is 6.05. The topological polar surface area (TPSA) is 15.3 Å². The molecule has 0 radical (unpaired) electrons. The smallest absolute Gasteiger partial charge is 0.0620 e. The molecule has 2 nitrogen and oxygen atoms in total. The first-order valence-corrected chi connectivity index (χ1v) is 6.02. The first-order chi connectivity index (χ1) is 7.34. The van der Waals surface area contributed by atoms with E-state index < -0.39 is 0 Å². The second-order valence-electron chi connectivity index (χ2n) is 4.37. The van der Waals surface area contributed by atoms with Crippen LogP contribution in [-0.2, 0) is 0 Å². The highest BCUT2D eigenvalue weighted by Gasteiger charge is 2.28. The summed E-state index contributed by atoms with van der Waals surface area (Å²) in [6.07, 6.45) is 4.06. The van der Waals surface area contributed by atoms with Gasteiger partial charge in [-0.1, -0.05) is 11.6 Å². The monoisotopic (exact) mass is 222 g/mol. The highest BCUT2D eigenvalue weighted by atomic mass is 35.5. The van der Waals surface area contributed by atoms with Gasteiger partial charge >= 0.3 is 0 Å². The highest BCUT2D eigenvalue weighted by molar-refractivity contribution is 6.31. The van der Waals surface area contributed by atoms with Crippen LogP contribution in [0.3, 0.4) is 0 Å². The van der Waals surface area contributed by atoms with Gasteiger partial charge in [-0.2, -0.15) is 0 Å². The minimum Gasteiger partial charge on any atom is -0.382 e. The fourth-order valence-corrected chi connectivity index (χ4v) is 2.57. The van der Waals surface area contributed by atoms with Gasteiger partial charge in [0.2, 0.25) is 0 Å². The Morgan fingerprint density at radius 3 is 2.93 bits per heavy atom. The zero-order chi connectivity index (χ0) is 10.3. The summed E-state index contributed by atoms with van der Waals surface area (Å²) in [5, 5.41) is 4.26. The third-order valence-corrected chi connectivity index (χ3v) is 3.69. The van der Waals surface area contributed by atoms with Gasteiger partial charge < -0.3 is 10.2 Å². The molecular weight excluding hydrogens is 208 g/mol. The van der Waals surface area contributed by atoms with E-state index in [0.717, 1.165) is 24.2 Å². The summed E-state index contributed by atoms with van der Waals surface area (Å²) >= 11 is 6.05. The molecule has 3 rings (SSSR count). The van der Waals surface area contributed by atoms with Crippen LogP contribution in [0.2, 0.25) is 5.02 Å². The second-order valence-corrected chi connectivity index (χ2v) is 4.80. The van der Waals surface area contributed by atoms with Crippen molar-refractivity contribution in [3.05, 3.63) is 23.2 Å². The van der Waals surface area contributed by atoms with Gasteiger partial charge in [0.05, 0.1) is 11.4 Å². The van der Waals surface area contributed by atoms with E-state index in [1.54, 1.807) is 0 Å². The predicted molar refractivity (Wildman–Crippen MR) is 64.9 cm³/mol. The van der Waals surface area contributed by atoms with Gasteiger partial charge in [0, 0.05) is 24.2 Å². The van der Waals surface area contributed by atoms with Crippen molar-refractivity contribution in [3.63, 3.8) is 0 Å². The summed E-state index contributed by atoms with van der Waals surface area (Å²) in [6.45, 7) is 2.16. The van der Waals surface area contributed by atoms with Gasteiger partial charge in [0.25, 0.3) is 0 Å². The first-order valence-electron chi connectivity index (χ1n) is 5.65. The van der Waals surface area contributed by atoms with Crippen molar-refractivity contribution in [2.75, 3.05) is 23.3 Å². The normalized spacial score (nSPS) is 20.5. The van der Waals surface area contributed by atoms with Crippen LogP contribution in [0.4, 0.5) is 11.4 Å². The quantitative estimate of drug-likeness (QED) is 0.786. The standard InChI is InChI=1S/C12H15ClN2/c13-9-4-5-11-12(8-9)15(7-6-14-11)10-2-1-3-10/h4-5,8,10,14H,1-3,6-7H2. The molecular formula is C12H15ClN2. The van der Waals surface area contributed by atoms with Crippen LogP contribution < -0.4 is 10.2 Å². The van der Waals surface area contributed by atoms with Crippen LogP contribution in [0.5, 0.6) is 0 Å². The third kappa shape index (κ3) is 1.57. The van der Waals surface area contributed by atoms with Crippen molar-refractivity contribution in [3.8, 4) is 0 Å². The van der Waals surface area contributed by atoms with E-state index in [-0.39, 0.29) is 0 Å². The number of fused-ring (bicyclic) bond motifs is 1. The summed E-state index contributed by atoms with van der Waals surface area (Å²) in [6, 6.07) is 6.88. The van der Waals surface area contributed by atoms with Crippen LogP contribution in [-0.4, -0.2) is 19.1 Å². The molecule has 0 spiro atoms. The number of rotatable bonds is 1. The fourth-order valence-electron chi connectivity index (χ4n) is 2.40. The molecule has 1 aromatic carbocycles. The Bertz CT molecular complexity index is 374. The summed E-state index contributed by atoms with van der Waals surface area (Å²) in [5.74, 6) is 0. The Balaban J connectivity index is 1.96. The van der Waals surface area contributed by atoms with Crippen LogP contribution in [0.15, 0.2) is 18.2 Å². The average molecular weight is 223 g/mol. The van der Waals surface area contributed by atoms with E-state index in [4.69, 9.17) is 11.6 Å². The van der Waals surface area contributed by atoms with Crippen LogP contribution in [0.25, 0.3) is 0 Å². The molecule has 1 aromatic rings. The van der Waals surface area contributed by atoms with E-state index in [1.807, 2.05) is 6.07 Å². The number of hydrogen-bond acceptors (Lipinski definition) is 2. The van der Waals surface area contributed by atoms with Crippen molar-refractivity contribution < 1.29 is 0 Å². The SMILES string of the molecule is Clc1ccc2c(c1)N(C1CCC1)CCN2. The van der Waals surface area contributed by atoms with Gasteiger partial charge in [-0.15, -0.1) is 0 Å². The molecule has 1 aliphatic heterocycles. The van der Waals surface area contributed by atoms with Crippen LogP contribution >= 0.6 is 11.6 Å². The number of benzene rings is 1. The third-order valence-electron chi connectivity index (χ3n) is 3.45. The molecule has 0 saturated heterocycles. The average Bonchev–Trinajstić information content (AvgIpc) is 2.16. The molecule has 80 valence electrons. The number of anilines is 2. The van der Waals surface area contributed by atoms with Crippen LogP contribution in [0.1, 0.15) is 19.3 Å². The van der Waals surface area contributed by atoms with E-state index in [1.165, 1.54) is 30.6 Å².